The maximum atomic E-state index is 11.2. The topological polar surface area (TPSA) is 46.2 Å². The Morgan fingerprint density at radius 1 is 1.44 bits per heavy atom. The smallest absolute Gasteiger partial charge is 0.150 e. The average molecular weight is 324 g/mol. The van der Waals surface area contributed by atoms with E-state index in [0.29, 0.717) is 17.5 Å². The fourth-order valence-electron chi connectivity index (χ4n) is 1.79. The minimum absolute atomic E-state index is 0.331. The van der Waals surface area contributed by atoms with Crippen LogP contribution in [0.3, 0.4) is 0 Å². The van der Waals surface area contributed by atoms with Crippen LogP contribution in [-0.4, -0.2) is 26.0 Å². The number of halogens is 1. The van der Waals surface area contributed by atoms with Gasteiger partial charge in [-0.3, -0.25) is 0 Å². The van der Waals surface area contributed by atoms with Crippen LogP contribution in [0.15, 0.2) is 15.2 Å². The molecule has 1 aromatic rings. The van der Waals surface area contributed by atoms with E-state index in [2.05, 4.69) is 32.7 Å². The lowest BCUT2D eigenvalue weighted by molar-refractivity contribution is 0.463. The van der Waals surface area contributed by atoms with E-state index < -0.39 is 9.84 Å². The Bertz CT molecular complexity index is 441. The molecule has 1 saturated heterocycles. The van der Waals surface area contributed by atoms with Crippen LogP contribution in [0.1, 0.15) is 18.4 Å². The molecule has 0 bridgehead atoms. The fourth-order valence-corrected chi connectivity index (χ4v) is 4.50. The van der Waals surface area contributed by atoms with Crippen molar-refractivity contribution in [3.8, 4) is 0 Å². The van der Waals surface area contributed by atoms with Gasteiger partial charge in [-0.2, -0.15) is 0 Å². The molecule has 6 heteroatoms. The molecular formula is C10H14BrNO2S2. The second kappa shape index (κ2) is 5.16. The first-order chi connectivity index (χ1) is 7.55. The molecule has 90 valence electrons. The number of hydrogen-bond acceptors (Lipinski definition) is 4. The summed E-state index contributed by atoms with van der Waals surface area (Å²) in [6, 6.07) is 2.44. The van der Waals surface area contributed by atoms with E-state index >= 15 is 0 Å². The summed E-state index contributed by atoms with van der Waals surface area (Å²) < 4.78 is 23.6. The maximum absolute atomic E-state index is 11.2. The zero-order valence-corrected chi connectivity index (χ0v) is 12.0. The summed E-state index contributed by atoms with van der Waals surface area (Å²) in [6.45, 7) is 0.826. The van der Waals surface area contributed by atoms with Crippen molar-refractivity contribution in [2.45, 2.75) is 25.4 Å². The summed E-state index contributed by atoms with van der Waals surface area (Å²) in [5.74, 6) is 0.663. The Balaban J connectivity index is 1.80. The molecule has 1 fully saturated rings. The van der Waals surface area contributed by atoms with Crippen molar-refractivity contribution in [2.24, 2.45) is 0 Å². The average Bonchev–Trinajstić information content (AvgIpc) is 2.63. The fraction of sp³-hybridized carbons (Fsp3) is 0.600. The lowest BCUT2D eigenvalue weighted by Gasteiger charge is -2.22. The van der Waals surface area contributed by atoms with Crippen molar-refractivity contribution in [1.29, 1.82) is 0 Å². The van der Waals surface area contributed by atoms with E-state index in [-0.39, 0.29) is 0 Å². The first-order valence-corrected chi connectivity index (χ1v) is 8.71. The lowest BCUT2D eigenvalue weighted by atomic mass is 10.1. The van der Waals surface area contributed by atoms with Gasteiger partial charge in [-0.05, 0) is 45.8 Å². The number of nitrogens with one attached hydrogen (secondary N) is 1. The van der Waals surface area contributed by atoms with Gasteiger partial charge >= 0.3 is 0 Å². The second-order valence-electron chi connectivity index (χ2n) is 4.07. The van der Waals surface area contributed by atoms with Crippen LogP contribution < -0.4 is 5.32 Å². The molecule has 1 aliphatic rings. The first-order valence-electron chi connectivity index (χ1n) is 5.22. The molecule has 0 saturated carbocycles. The molecule has 3 nitrogen and oxygen atoms in total. The van der Waals surface area contributed by atoms with Crippen molar-refractivity contribution in [3.05, 3.63) is 20.8 Å². The Labute approximate surface area is 108 Å². The first kappa shape index (κ1) is 12.5. The number of hydrogen-bond donors (Lipinski definition) is 1. The summed E-state index contributed by atoms with van der Waals surface area (Å²) in [7, 11) is -2.74. The Morgan fingerprint density at radius 3 is 2.69 bits per heavy atom. The molecule has 0 atom stereocenters. The molecular weight excluding hydrogens is 310 g/mol. The highest BCUT2D eigenvalue weighted by atomic mass is 79.9. The standard InChI is InChI=1S/C10H14BrNO2S2/c11-10-5-8(7-15-10)6-12-9-1-3-16(13,14)4-2-9/h5,7,9,12H,1-4,6H2. The molecule has 2 rings (SSSR count). The zero-order chi connectivity index (χ0) is 11.6. The summed E-state index contributed by atoms with van der Waals surface area (Å²) >= 11 is 5.10. The summed E-state index contributed by atoms with van der Waals surface area (Å²) in [5.41, 5.74) is 1.25. The van der Waals surface area contributed by atoms with Crippen LogP contribution in [0, 0.1) is 0 Å². The zero-order valence-electron chi connectivity index (χ0n) is 8.78. The van der Waals surface area contributed by atoms with E-state index in [4.69, 9.17) is 0 Å². The minimum atomic E-state index is -2.74. The second-order valence-corrected chi connectivity index (χ2v) is 8.66. The van der Waals surface area contributed by atoms with Crippen molar-refractivity contribution < 1.29 is 8.42 Å². The van der Waals surface area contributed by atoms with Gasteiger partial charge in [0.1, 0.15) is 9.84 Å². The number of sulfone groups is 1. The van der Waals surface area contributed by atoms with Crippen LogP contribution in [0.25, 0.3) is 0 Å². The summed E-state index contributed by atoms with van der Waals surface area (Å²) in [5, 5.41) is 5.52. The molecule has 0 aliphatic carbocycles. The quantitative estimate of drug-likeness (QED) is 0.927. The minimum Gasteiger partial charge on any atom is -0.310 e. The highest BCUT2D eigenvalue weighted by molar-refractivity contribution is 9.11. The van der Waals surface area contributed by atoms with E-state index in [9.17, 15) is 8.42 Å². The normalized spacial score (nSPS) is 21.1. The van der Waals surface area contributed by atoms with Gasteiger partial charge in [0.2, 0.25) is 0 Å². The third-order valence-electron chi connectivity index (χ3n) is 2.77. The summed E-state index contributed by atoms with van der Waals surface area (Å²) in [6.07, 6.45) is 1.49. The van der Waals surface area contributed by atoms with Crippen LogP contribution in [0.5, 0.6) is 0 Å². The van der Waals surface area contributed by atoms with Gasteiger partial charge in [0.25, 0.3) is 0 Å². The van der Waals surface area contributed by atoms with E-state index in [0.717, 1.165) is 23.2 Å². The highest BCUT2D eigenvalue weighted by Gasteiger charge is 2.22. The predicted molar refractivity (Wildman–Crippen MR) is 70.5 cm³/mol. The molecule has 1 aliphatic heterocycles. The van der Waals surface area contributed by atoms with Crippen LogP contribution >= 0.6 is 27.3 Å². The van der Waals surface area contributed by atoms with Crippen molar-refractivity contribution in [3.63, 3.8) is 0 Å². The Hall–Kier alpha value is 0.0900. The molecule has 0 radical (unpaired) electrons. The third-order valence-corrected chi connectivity index (χ3v) is 6.04. The van der Waals surface area contributed by atoms with Gasteiger partial charge < -0.3 is 5.32 Å². The molecule has 1 aromatic heterocycles. The van der Waals surface area contributed by atoms with Crippen LogP contribution in [0.4, 0.5) is 0 Å². The maximum Gasteiger partial charge on any atom is 0.150 e. The Morgan fingerprint density at radius 2 is 2.12 bits per heavy atom. The van der Waals surface area contributed by atoms with Crippen molar-refractivity contribution in [2.75, 3.05) is 11.5 Å². The third kappa shape index (κ3) is 3.55. The van der Waals surface area contributed by atoms with E-state index in [1.807, 2.05) is 0 Å². The molecule has 0 aromatic carbocycles. The van der Waals surface area contributed by atoms with Crippen molar-refractivity contribution >= 4 is 37.1 Å². The lowest BCUT2D eigenvalue weighted by Crippen LogP contribution is -2.37. The SMILES string of the molecule is O=S1(=O)CCC(NCc2csc(Br)c2)CC1. The van der Waals surface area contributed by atoms with E-state index in [1.54, 1.807) is 11.3 Å². The van der Waals surface area contributed by atoms with Gasteiger partial charge in [-0.15, -0.1) is 11.3 Å². The van der Waals surface area contributed by atoms with Gasteiger partial charge in [-0.1, -0.05) is 0 Å². The van der Waals surface area contributed by atoms with Gasteiger partial charge in [0.05, 0.1) is 15.3 Å². The molecule has 0 amide bonds. The van der Waals surface area contributed by atoms with Crippen LogP contribution in [0.2, 0.25) is 0 Å². The molecule has 0 unspecified atom stereocenters. The van der Waals surface area contributed by atoms with Gasteiger partial charge in [0.15, 0.2) is 0 Å². The molecule has 2 heterocycles. The highest BCUT2D eigenvalue weighted by Crippen LogP contribution is 2.21. The number of rotatable bonds is 3. The van der Waals surface area contributed by atoms with Gasteiger partial charge in [-0.25, -0.2) is 8.42 Å². The van der Waals surface area contributed by atoms with Gasteiger partial charge in [0, 0.05) is 12.6 Å². The summed E-state index contributed by atoms with van der Waals surface area (Å²) in [4.78, 5) is 0. The largest absolute Gasteiger partial charge is 0.310 e. The Kier molecular flexibility index (Phi) is 4.05. The molecule has 16 heavy (non-hydrogen) atoms. The monoisotopic (exact) mass is 323 g/mol. The van der Waals surface area contributed by atoms with Crippen LogP contribution in [-0.2, 0) is 16.4 Å². The number of thiophene rings is 1. The molecule has 1 N–H and O–H groups in total. The molecule has 0 spiro atoms. The van der Waals surface area contributed by atoms with E-state index in [1.165, 1.54) is 5.56 Å². The predicted octanol–water partition coefficient (Wildman–Crippen LogP) is 2.18. The van der Waals surface area contributed by atoms with Crippen molar-refractivity contribution in [1.82, 2.24) is 5.32 Å².